The van der Waals surface area contributed by atoms with Crippen molar-refractivity contribution < 1.29 is 8.42 Å². The molecule has 0 amide bonds. The quantitative estimate of drug-likeness (QED) is 0.827. The molecule has 0 fully saturated rings. The number of hydrogen-bond donors (Lipinski definition) is 1. The molecule has 2 aromatic rings. The van der Waals surface area contributed by atoms with Gasteiger partial charge in [0.05, 0.1) is 20.6 Å². The zero-order valence-corrected chi connectivity index (χ0v) is 13.6. The van der Waals surface area contributed by atoms with E-state index in [-0.39, 0.29) is 15.6 Å². The summed E-state index contributed by atoms with van der Waals surface area (Å²) in [6, 6.07) is 11.4. The van der Waals surface area contributed by atoms with E-state index in [9.17, 15) is 8.42 Å². The number of rotatable bonds is 4. The molecule has 0 saturated carbocycles. The summed E-state index contributed by atoms with van der Waals surface area (Å²) >= 11 is 13.4. The molecule has 0 unspecified atom stereocenters. The van der Waals surface area contributed by atoms with Gasteiger partial charge in [-0.1, -0.05) is 29.3 Å². The summed E-state index contributed by atoms with van der Waals surface area (Å²) in [5.74, 6) is 0. The predicted molar refractivity (Wildman–Crippen MR) is 85.5 cm³/mol. The minimum Gasteiger partial charge on any atom is -0.278 e. The zero-order valence-electron chi connectivity index (χ0n) is 10.4. The second-order valence-electron chi connectivity index (χ2n) is 3.88. The van der Waals surface area contributed by atoms with Crippen molar-refractivity contribution in [1.29, 1.82) is 0 Å². The highest BCUT2D eigenvalue weighted by Gasteiger charge is 2.16. The van der Waals surface area contributed by atoms with Gasteiger partial charge in [-0.2, -0.15) is 0 Å². The molecule has 1 N–H and O–H groups in total. The van der Waals surface area contributed by atoms with E-state index >= 15 is 0 Å². The van der Waals surface area contributed by atoms with Gasteiger partial charge in [-0.15, -0.1) is 11.8 Å². The van der Waals surface area contributed by atoms with Crippen molar-refractivity contribution in [1.82, 2.24) is 0 Å². The molecule has 0 spiro atoms. The first-order valence-corrected chi connectivity index (χ1v) is 9.01. The summed E-state index contributed by atoms with van der Waals surface area (Å²) in [5.41, 5.74) is 0.258. The maximum absolute atomic E-state index is 12.2. The van der Waals surface area contributed by atoms with Crippen molar-refractivity contribution in [3.8, 4) is 0 Å². The highest BCUT2D eigenvalue weighted by molar-refractivity contribution is 7.98. The molecule has 0 bridgehead atoms. The van der Waals surface area contributed by atoms with Gasteiger partial charge in [-0.05, 0) is 42.7 Å². The molecular formula is C13H11Cl2NO2S2. The van der Waals surface area contributed by atoms with Gasteiger partial charge in [-0.3, -0.25) is 4.72 Å². The molecule has 0 aliphatic rings. The predicted octanol–water partition coefficient (Wildman–Crippen LogP) is 4.52. The van der Waals surface area contributed by atoms with Crippen LogP contribution >= 0.6 is 35.0 Å². The average molecular weight is 348 g/mol. The summed E-state index contributed by atoms with van der Waals surface area (Å²) in [5, 5.41) is 0.475. The molecule has 7 heteroatoms. The van der Waals surface area contributed by atoms with Gasteiger partial charge in [0, 0.05) is 4.90 Å². The first-order valence-electron chi connectivity index (χ1n) is 5.55. The summed E-state index contributed by atoms with van der Waals surface area (Å²) in [4.78, 5) is 1.16. The van der Waals surface area contributed by atoms with Crippen LogP contribution in [0.2, 0.25) is 10.0 Å². The van der Waals surface area contributed by atoms with E-state index in [1.807, 2.05) is 6.26 Å². The van der Waals surface area contributed by atoms with E-state index in [1.165, 1.54) is 0 Å². The van der Waals surface area contributed by atoms with Crippen LogP contribution in [0, 0.1) is 0 Å². The van der Waals surface area contributed by atoms with Crippen LogP contribution in [0.15, 0.2) is 52.3 Å². The first kappa shape index (κ1) is 15.5. The smallest absolute Gasteiger partial charge is 0.261 e. The number of anilines is 1. The average Bonchev–Trinajstić information content (AvgIpc) is 2.44. The van der Waals surface area contributed by atoms with Crippen molar-refractivity contribution >= 4 is 50.7 Å². The Bertz CT molecular complexity index is 716. The normalized spacial score (nSPS) is 11.3. The maximum Gasteiger partial charge on any atom is 0.261 e. The molecule has 0 saturated heterocycles. The summed E-state index contributed by atoms with van der Waals surface area (Å²) in [6.07, 6.45) is 1.92. The fourth-order valence-corrected chi connectivity index (χ4v) is 3.43. The van der Waals surface area contributed by atoms with E-state index in [0.717, 1.165) is 4.90 Å². The number of thioether (sulfide) groups is 1. The lowest BCUT2D eigenvalue weighted by Gasteiger charge is -2.10. The van der Waals surface area contributed by atoms with Gasteiger partial charge in [0.1, 0.15) is 0 Å². The van der Waals surface area contributed by atoms with E-state index in [1.54, 1.807) is 54.2 Å². The van der Waals surface area contributed by atoms with Crippen molar-refractivity contribution in [2.75, 3.05) is 11.0 Å². The molecule has 0 aromatic heterocycles. The molecule has 0 atom stereocenters. The molecule has 20 heavy (non-hydrogen) atoms. The standard InChI is InChI=1S/C13H11Cl2NO2S2/c1-19-9-5-7-10(8-6-9)20(17,18)16-12-4-2-3-11(14)13(12)15/h2-8,16H,1H3. The Balaban J connectivity index is 2.33. The lowest BCUT2D eigenvalue weighted by Crippen LogP contribution is -2.13. The first-order chi connectivity index (χ1) is 9.44. The Hall–Kier alpha value is -0.880. The number of benzene rings is 2. The molecule has 3 nitrogen and oxygen atoms in total. The fourth-order valence-electron chi connectivity index (χ4n) is 1.54. The van der Waals surface area contributed by atoms with E-state index in [2.05, 4.69) is 4.72 Å². The number of halogens is 2. The molecule has 2 aromatic carbocycles. The Morgan fingerprint density at radius 3 is 2.30 bits per heavy atom. The van der Waals surface area contributed by atoms with Crippen LogP contribution in [-0.2, 0) is 10.0 Å². The van der Waals surface area contributed by atoms with E-state index in [4.69, 9.17) is 23.2 Å². The lowest BCUT2D eigenvalue weighted by molar-refractivity contribution is 0.601. The summed E-state index contributed by atoms with van der Waals surface area (Å²) < 4.78 is 26.9. The highest BCUT2D eigenvalue weighted by Crippen LogP contribution is 2.31. The molecule has 0 aliphatic carbocycles. The second kappa shape index (κ2) is 6.26. The van der Waals surface area contributed by atoms with Gasteiger partial charge in [0.25, 0.3) is 10.0 Å². The number of sulfonamides is 1. The Morgan fingerprint density at radius 2 is 1.70 bits per heavy atom. The third-order valence-electron chi connectivity index (χ3n) is 2.57. The summed E-state index contributed by atoms with van der Waals surface area (Å²) in [6.45, 7) is 0. The topological polar surface area (TPSA) is 46.2 Å². The summed E-state index contributed by atoms with van der Waals surface area (Å²) in [7, 11) is -3.68. The van der Waals surface area contributed by atoms with Crippen molar-refractivity contribution in [3.05, 3.63) is 52.5 Å². The molecule has 0 heterocycles. The van der Waals surface area contributed by atoms with Crippen LogP contribution in [0.5, 0.6) is 0 Å². The number of hydrogen-bond acceptors (Lipinski definition) is 3. The minimum absolute atomic E-state index is 0.173. The second-order valence-corrected chi connectivity index (χ2v) is 7.23. The fraction of sp³-hybridized carbons (Fsp3) is 0.0769. The monoisotopic (exact) mass is 347 g/mol. The molecule has 0 radical (unpaired) electrons. The van der Waals surface area contributed by atoms with E-state index < -0.39 is 10.0 Å². The van der Waals surface area contributed by atoms with Crippen LogP contribution in [-0.4, -0.2) is 14.7 Å². The van der Waals surface area contributed by atoms with Gasteiger partial charge in [0.15, 0.2) is 0 Å². The zero-order chi connectivity index (χ0) is 14.8. The van der Waals surface area contributed by atoms with Gasteiger partial charge < -0.3 is 0 Å². The van der Waals surface area contributed by atoms with Gasteiger partial charge in [-0.25, -0.2) is 8.42 Å². The molecular weight excluding hydrogens is 337 g/mol. The third kappa shape index (κ3) is 3.41. The van der Waals surface area contributed by atoms with Crippen LogP contribution in [0.3, 0.4) is 0 Å². The third-order valence-corrected chi connectivity index (χ3v) is 5.51. The highest BCUT2D eigenvalue weighted by atomic mass is 35.5. The largest absolute Gasteiger partial charge is 0.278 e. The van der Waals surface area contributed by atoms with Crippen LogP contribution in [0.4, 0.5) is 5.69 Å². The lowest BCUT2D eigenvalue weighted by atomic mass is 10.3. The minimum atomic E-state index is -3.68. The van der Waals surface area contributed by atoms with Gasteiger partial charge in [0.2, 0.25) is 0 Å². The van der Waals surface area contributed by atoms with Gasteiger partial charge >= 0.3 is 0 Å². The number of nitrogens with one attached hydrogen (secondary N) is 1. The van der Waals surface area contributed by atoms with Crippen molar-refractivity contribution in [2.45, 2.75) is 9.79 Å². The Labute approximate surface area is 132 Å². The Kier molecular flexibility index (Phi) is 4.86. The molecule has 0 aliphatic heterocycles. The van der Waals surface area contributed by atoms with Crippen LogP contribution < -0.4 is 4.72 Å². The van der Waals surface area contributed by atoms with Crippen LogP contribution in [0.25, 0.3) is 0 Å². The molecule has 106 valence electrons. The van der Waals surface area contributed by atoms with Crippen molar-refractivity contribution in [3.63, 3.8) is 0 Å². The van der Waals surface area contributed by atoms with E-state index in [0.29, 0.717) is 5.02 Å². The SMILES string of the molecule is CSc1ccc(S(=O)(=O)Nc2cccc(Cl)c2Cl)cc1. The maximum atomic E-state index is 12.2. The van der Waals surface area contributed by atoms with Crippen molar-refractivity contribution in [2.24, 2.45) is 0 Å². The Morgan fingerprint density at radius 1 is 1.05 bits per heavy atom. The molecule has 2 rings (SSSR count). The van der Waals surface area contributed by atoms with Crippen LogP contribution in [0.1, 0.15) is 0 Å².